The lowest BCUT2D eigenvalue weighted by atomic mass is 10.1. The number of aromatic hydroxyl groups is 1. The quantitative estimate of drug-likeness (QED) is 0.857. The average molecular weight is 270 g/mol. The molecule has 0 spiro atoms. The third kappa shape index (κ3) is 2.26. The maximum atomic E-state index is 12.2. The summed E-state index contributed by atoms with van der Waals surface area (Å²) in [5, 5.41) is 19.0. The summed E-state index contributed by atoms with van der Waals surface area (Å²) in [5.74, 6) is -1.72. The summed E-state index contributed by atoms with van der Waals surface area (Å²) >= 11 is 5.77. The number of carboxylic acid groups (broad SMARTS) is 1. The largest absolute Gasteiger partial charge is 0.507 e. The molecule has 1 aromatic rings. The van der Waals surface area contributed by atoms with Crippen molar-refractivity contribution in [2.75, 3.05) is 6.54 Å². The standard InChI is InChI=1S/C12H12ClNO4/c13-7-3-4-10(15)8(6-7)11(16)14-5-1-2-9(14)12(17)18/h3-4,6,9,15H,1-2,5H2,(H,17,18)/t9-/m1/s1. The molecule has 0 unspecified atom stereocenters. The maximum absolute atomic E-state index is 12.2. The molecule has 0 radical (unpaired) electrons. The van der Waals surface area contributed by atoms with Gasteiger partial charge >= 0.3 is 5.97 Å². The Hall–Kier alpha value is -1.75. The van der Waals surface area contributed by atoms with Crippen LogP contribution in [0.2, 0.25) is 5.02 Å². The molecule has 0 aliphatic carbocycles. The van der Waals surface area contributed by atoms with Crippen molar-refractivity contribution < 1.29 is 19.8 Å². The van der Waals surface area contributed by atoms with Crippen LogP contribution in [0, 0.1) is 0 Å². The Kier molecular flexibility index (Phi) is 3.43. The molecule has 0 bridgehead atoms. The van der Waals surface area contributed by atoms with Gasteiger partial charge in [-0.2, -0.15) is 0 Å². The van der Waals surface area contributed by atoms with Crippen molar-refractivity contribution in [1.82, 2.24) is 4.90 Å². The van der Waals surface area contributed by atoms with Gasteiger partial charge in [0.15, 0.2) is 0 Å². The molecule has 1 amide bonds. The molecule has 1 aromatic carbocycles. The first-order chi connectivity index (χ1) is 8.50. The zero-order valence-electron chi connectivity index (χ0n) is 9.47. The van der Waals surface area contributed by atoms with Crippen LogP contribution in [0.3, 0.4) is 0 Å². The fraction of sp³-hybridized carbons (Fsp3) is 0.333. The molecule has 1 saturated heterocycles. The third-order valence-electron chi connectivity index (χ3n) is 2.99. The highest BCUT2D eigenvalue weighted by molar-refractivity contribution is 6.31. The predicted octanol–water partition coefficient (Wildman–Crippen LogP) is 1.73. The van der Waals surface area contributed by atoms with E-state index in [0.717, 1.165) is 0 Å². The Balaban J connectivity index is 2.31. The number of phenolic OH excluding ortho intramolecular Hbond substituents is 1. The van der Waals surface area contributed by atoms with E-state index >= 15 is 0 Å². The summed E-state index contributed by atoms with van der Waals surface area (Å²) in [7, 11) is 0. The number of aliphatic carboxylic acids is 1. The molecule has 1 heterocycles. The van der Waals surface area contributed by atoms with Gasteiger partial charge in [0.05, 0.1) is 5.56 Å². The summed E-state index contributed by atoms with van der Waals surface area (Å²) in [6, 6.07) is 3.31. The Morgan fingerprint density at radius 3 is 2.78 bits per heavy atom. The van der Waals surface area contributed by atoms with Crippen molar-refractivity contribution in [3.63, 3.8) is 0 Å². The lowest BCUT2D eigenvalue weighted by Crippen LogP contribution is -2.40. The molecule has 0 aromatic heterocycles. The van der Waals surface area contributed by atoms with Crippen molar-refractivity contribution in [3.8, 4) is 5.75 Å². The Labute approximate surface area is 109 Å². The summed E-state index contributed by atoms with van der Waals surface area (Å²) in [4.78, 5) is 24.5. The van der Waals surface area contributed by atoms with Crippen molar-refractivity contribution in [2.24, 2.45) is 0 Å². The van der Waals surface area contributed by atoms with Gasteiger partial charge in [-0.3, -0.25) is 4.79 Å². The van der Waals surface area contributed by atoms with E-state index in [1.807, 2.05) is 0 Å². The fourth-order valence-electron chi connectivity index (χ4n) is 2.10. The lowest BCUT2D eigenvalue weighted by molar-refractivity contribution is -0.141. The van der Waals surface area contributed by atoms with Gasteiger partial charge in [0.1, 0.15) is 11.8 Å². The van der Waals surface area contributed by atoms with Crippen LogP contribution < -0.4 is 0 Å². The summed E-state index contributed by atoms with van der Waals surface area (Å²) in [6.07, 6.45) is 1.08. The number of phenols is 1. The topological polar surface area (TPSA) is 77.8 Å². The van der Waals surface area contributed by atoms with Crippen LogP contribution in [0.15, 0.2) is 18.2 Å². The SMILES string of the molecule is O=C(O)[C@H]1CCCN1C(=O)c1cc(Cl)ccc1O. The number of rotatable bonds is 2. The number of nitrogens with zero attached hydrogens (tertiary/aromatic N) is 1. The first kappa shape index (κ1) is 12.7. The molecule has 1 aliphatic rings. The van der Waals surface area contributed by atoms with E-state index in [1.165, 1.54) is 23.1 Å². The first-order valence-electron chi connectivity index (χ1n) is 5.53. The molecule has 0 saturated carbocycles. The minimum atomic E-state index is -1.03. The second-order valence-corrected chi connectivity index (χ2v) is 4.59. The molecular formula is C12H12ClNO4. The number of hydrogen-bond donors (Lipinski definition) is 2. The van der Waals surface area contributed by atoms with Crippen LogP contribution in [-0.4, -0.2) is 39.6 Å². The number of carbonyl (C=O) groups excluding carboxylic acids is 1. The van der Waals surface area contributed by atoms with Crippen LogP contribution in [0.1, 0.15) is 23.2 Å². The monoisotopic (exact) mass is 269 g/mol. The van der Waals surface area contributed by atoms with Crippen molar-refractivity contribution in [1.29, 1.82) is 0 Å². The summed E-state index contributed by atoms with van der Waals surface area (Å²) < 4.78 is 0. The number of carboxylic acids is 1. The van der Waals surface area contributed by atoms with Gasteiger partial charge in [-0.05, 0) is 31.0 Å². The Bertz CT molecular complexity index is 503. The minimum Gasteiger partial charge on any atom is -0.507 e. The molecule has 5 nitrogen and oxygen atoms in total. The van der Waals surface area contributed by atoms with E-state index in [9.17, 15) is 14.7 Å². The van der Waals surface area contributed by atoms with Crippen LogP contribution in [0.25, 0.3) is 0 Å². The van der Waals surface area contributed by atoms with Gasteiger partial charge in [0.25, 0.3) is 5.91 Å². The van der Waals surface area contributed by atoms with Crippen LogP contribution >= 0.6 is 11.6 Å². The first-order valence-corrected chi connectivity index (χ1v) is 5.91. The van der Waals surface area contributed by atoms with E-state index < -0.39 is 17.9 Å². The van der Waals surface area contributed by atoms with Gasteiger partial charge in [-0.1, -0.05) is 11.6 Å². The number of benzene rings is 1. The molecule has 2 N–H and O–H groups in total. The van der Waals surface area contributed by atoms with E-state index in [2.05, 4.69) is 0 Å². The minimum absolute atomic E-state index is 0.0376. The average Bonchev–Trinajstić information content (AvgIpc) is 2.80. The normalized spacial score (nSPS) is 18.9. The van der Waals surface area contributed by atoms with Gasteiger partial charge in [-0.15, -0.1) is 0 Å². The number of carbonyl (C=O) groups is 2. The van der Waals surface area contributed by atoms with Gasteiger partial charge in [-0.25, -0.2) is 4.79 Å². The Morgan fingerprint density at radius 1 is 1.39 bits per heavy atom. The number of likely N-dealkylation sites (tertiary alicyclic amines) is 1. The van der Waals surface area contributed by atoms with Crippen LogP contribution in [-0.2, 0) is 4.79 Å². The second kappa shape index (κ2) is 4.86. The highest BCUT2D eigenvalue weighted by Gasteiger charge is 2.35. The molecule has 96 valence electrons. The van der Waals surface area contributed by atoms with Crippen molar-refractivity contribution in [3.05, 3.63) is 28.8 Å². The van der Waals surface area contributed by atoms with Crippen molar-refractivity contribution >= 4 is 23.5 Å². The van der Waals surface area contributed by atoms with Crippen LogP contribution in [0.4, 0.5) is 0 Å². The molecular weight excluding hydrogens is 258 g/mol. The number of hydrogen-bond acceptors (Lipinski definition) is 3. The van der Waals surface area contributed by atoms with Gasteiger partial charge in [0, 0.05) is 11.6 Å². The number of halogens is 1. The van der Waals surface area contributed by atoms with Crippen LogP contribution in [0.5, 0.6) is 5.75 Å². The van der Waals surface area contributed by atoms with Gasteiger partial charge in [0.2, 0.25) is 0 Å². The lowest BCUT2D eigenvalue weighted by Gasteiger charge is -2.21. The summed E-state index contributed by atoms with van der Waals surface area (Å²) in [5.41, 5.74) is 0.0376. The van der Waals surface area contributed by atoms with E-state index in [1.54, 1.807) is 0 Å². The molecule has 1 aliphatic heterocycles. The molecule has 1 atom stereocenters. The highest BCUT2D eigenvalue weighted by atomic mass is 35.5. The van der Waals surface area contributed by atoms with Crippen molar-refractivity contribution in [2.45, 2.75) is 18.9 Å². The molecule has 6 heteroatoms. The van der Waals surface area contributed by atoms with E-state index in [-0.39, 0.29) is 11.3 Å². The molecule has 2 rings (SSSR count). The molecule has 18 heavy (non-hydrogen) atoms. The predicted molar refractivity (Wildman–Crippen MR) is 64.8 cm³/mol. The zero-order valence-corrected chi connectivity index (χ0v) is 10.2. The summed E-state index contributed by atoms with van der Waals surface area (Å²) in [6.45, 7) is 0.377. The smallest absolute Gasteiger partial charge is 0.326 e. The molecule has 1 fully saturated rings. The second-order valence-electron chi connectivity index (χ2n) is 4.16. The third-order valence-corrected chi connectivity index (χ3v) is 3.22. The number of amides is 1. The van der Waals surface area contributed by atoms with E-state index in [4.69, 9.17) is 16.7 Å². The van der Waals surface area contributed by atoms with E-state index in [0.29, 0.717) is 24.4 Å². The Morgan fingerprint density at radius 2 is 2.11 bits per heavy atom. The highest BCUT2D eigenvalue weighted by Crippen LogP contribution is 2.26. The maximum Gasteiger partial charge on any atom is 0.326 e. The van der Waals surface area contributed by atoms with Gasteiger partial charge < -0.3 is 15.1 Å². The fourth-order valence-corrected chi connectivity index (χ4v) is 2.27. The zero-order chi connectivity index (χ0) is 13.3.